The molecule has 0 saturated heterocycles. The van der Waals surface area contributed by atoms with Crippen molar-refractivity contribution < 1.29 is 34.8 Å². The number of phenols is 1. The molecule has 10 nitrogen and oxygen atoms in total. The van der Waals surface area contributed by atoms with Crippen LogP contribution in [0.15, 0.2) is 41.4 Å². The van der Waals surface area contributed by atoms with E-state index < -0.39 is 52.0 Å². The molecule has 10 heteroatoms. The lowest BCUT2D eigenvalue weighted by Gasteiger charge is -2.46. The summed E-state index contributed by atoms with van der Waals surface area (Å²) >= 11 is 0. The van der Waals surface area contributed by atoms with E-state index in [1.54, 1.807) is 18.5 Å². The Labute approximate surface area is 180 Å². The van der Waals surface area contributed by atoms with E-state index in [-0.39, 0.29) is 36.1 Å². The van der Waals surface area contributed by atoms with Crippen molar-refractivity contribution in [2.75, 3.05) is 0 Å². The second-order valence-electron chi connectivity index (χ2n) is 8.38. The van der Waals surface area contributed by atoms with Gasteiger partial charge in [0.25, 0.3) is 5.91 Å². The maximum atomic E-state index is 13.4. The van der Waals surface area contributed by atoms with E-state index in [0.29, 0.717) is 11.1 Å². The molecule has 1 aromatic heterocycles. The molecule has 32 heavy (non-hydrogen) atoms. The van der Waals surface area contributed by atoms with Gasteiger partial charge >= 0.3 is 0 Å². The zero-order valence-corrected chi connectivity index (χ0v) is 16.6. The van der Waals surface area contributed by atoms with E-state index in [4.69, 9.17) is 5.73 Å². The molecule has 164 valence electrons. The summed E-state index contributed by atoms with van der Waals surface area (Å²) in [4.78, 5) is 37.5. The topological polar surface area (TPSA) is 187 Å². The number of aromatic hydroxyl groups is 1. The van der Waals surface area contributed by atoms with Crippen molar-refractivity contribution in [3.05, 3.63) is 52.6 Å². The van der Waals surface area contributed by atoms with Gasteiger partial charge in [-0.15, -0.1) is 0 Å². The number of amides is 1. The van der Waals surface area contributed by atoms with E-state index in [2.05, 4.69) is 10.2 Å². The fraction of sp³-hybridized carbons (Fsp3) is 0.273. The van der Waals surface area contributed by atoms with Crippen LogP contribution in [0.1, 0.15) is 24.0 Å². The first-order valence-electron chi connectivity index (χ1n) is 9.97. The molecule has 1 amide bonds. The number of hydrogen-bond acceptors (Lipinski definition) is 8. The second kappa shape index (κ2) is 6.54. The summed E-state index contributed by atoms with van der Waals surface area (Å²) in [6.07, 6.45) is 3.21. The van der Waals surface area contributed by atoms with Crippen LogP contribution >= 0.6 is 0 Å². The third-order valence-corrected chi connectivity index (χ3v) is 6.76. The molecule has 1 aromatic carbocycles. The van der Waals surface area contributed by atoms with Crippen molar-refractivity contribution in [1.29, 1.82) is 0 Å². The normalized spacial score (nSPS) is 27.2. The molecule has 0 spiro atoms. The number of aliphatic hydroxyl groups is 3. The van der Waals surface area contributed by atoms with Crippen molar-refractivity contribution >= 4 is 23.2 Å². The van der Waals surface area contributed by atoms with Gasteiger partial charge in [0.2, 0.25) is 5.78 Å². The molecule has 2 aromatic rings. The maximum absolute atomic E-state index is 13.4. The number of ketones is 2. The first kappa shape index (κ1) is 20.0. The monoisotopic (exact) mass is 437 g/mol. The number of rotatable bonds is 2. The van der Waals surface area contributed by atoms with E-state index in [9.17, 15) is 34.8 Å². The molecule has 3 atom stereocenters. The standard InChI is InChI=1S/C22H19N3O7/c23-21(31)17-14(27)5-10-3-8-4-12-11(9-6-24-25-7-9)1-2-13(26)16(12)18(28)15(8)19(29)22(10,32)20(17)30/h1-2,6-8,10,26,28,30,32H,3-5H2,(H2,23,31)(H,24,25)/t8-,10+,22+/m1/s1. The summed E-state index contributed by atoms with van der Waals surface area (Å²) in [5.41, 5.74) is 3.70. The predicted octanol–water partition coefficient (Wildman–Crippen LogP) is 0.814. The van der Waals surface area contributed by atoms with Crippen LogP contribution in [0.2, 0.25) is 0 Å². The highest BCUT2D eigenvalue weighted by Gasteiger charge is 2.60. The number of fused-ring (bicyclic) bond motifs is 3. The third-order valence-electron chi connectivity index (χ3n) is 6.76. The average Bonchev–Trinajstić information content (AvgIpc) is 3.25. The third kappa shape index (κ3) is 2.43. The van der Waals surface area contributed by atoms with Crippen LogP contribution in [0, 0.1) is 11.8 Å². The number of hydrogen-bond donors (Lipinski definition) is 6. The first-order chi connectivity index (χ1) is 15.2. The maximum Gasteiger partial charge on any atom is 0.255 e. The number of nitrogens with zero attached hydrogens (tertiary/aromatic N) is 1. The number of primary amides is 1. The number of phenolic OH excluding ortho intramolecular Hbond substituents is 1. The number of Topliss-reactive ketones (excluding diaryl/α,β-unsaturated/α-hetero) is 2. The molecular weight excluding hydrogens is 418 g/mol. The number of carbonyl (C=O) groups excluding carboxylic acids is 3. The van der Waals surface area contributed by atoms with Crippen LogP contribution < -0.4 is 5.73 Å². The van der Waals surface area contributed by atoms with Crippen LogP contribution in [0.3, 0.4) is 0 Å². The first-order valence-corrected chi connectivity index (χ1v) is 9.97. The smallest absolute Gasteiger partial charge is 0.255 e. The van der Waals surface area contributed by atoms with Crippen molar-refractivity contribution in [2.24, 2.45) is 17.6 Å². The number of nitrogens with one attached hydrogen (secondary N) is 1. The molecule has 1 fully saturated rings. The zero-order valence-electron chi connectivity index (χ0n) is 16.6. The molecule has 3 aliphatic carbocycles. The molecule has 0 bridgehead atoms. The lowest BCUT2D eigenvalue weighted by molar-refractivity contribution is -0.147. The van der Waals surface area contributed by atoms with Gasteiger partial charge in [0, 0.05) is 29.7 Å². The van der Waals surface area contributed by atoms with Gasteiger partial charge in [0.05, 0.1) is 11.8 Å². The highest BCUT2D eigenvalue weighted by Crippen LogP contribution is 2.52. The second-order valence-corrected chi connectivity index (χ2v) is 8.38. The minimum absolute atomic E-state index is 0.0517. The quantitative estimate of drug-likeness (QED) is 0.372. The Hall–Kier alpha value is -3.92. The molecule has 0 unspecified atom stereocenters. The van der Waals surface area contributed by atoms with Gasteiger partial charge in [-0.05, 0) is 36.0 Å². The van der Waals surface area contributed by atoms with E-state index in [0.717, 1.165) is 5.56 Å². The molecule has 3 aliphatic rings. The van der Waals surface area contributed by atoms with E-state index in [1.165, 1.54) is 6.07 Å². The molecule has 1 saturated carbocycles. The number of benzene rings is 1. The van der Waals surface area contributed by atoms with Crippen molar-refractivity contribution in [2.45, 2.75) is 24.9 Å². The Morgan fingerprint density at radius 3 is 2.59 bits per heavy atom. The van der Waals surface area contributed by atoms with Gasteiger partial charge in [-0.1, -0.05) is 6.07 Å². The fourth-order valence-corrected chi connectivity index (χ4v) is 5.29. The number of aliphatic hydroxyl groups excluding tert-OH is 2. The fourth-order valence-electron chi connectivity index (χ4n) is 5.29. The van der Waals surface area contributed by atoms with Crippen molar-refractivity contribution in [3.63, 3.8) is 0 Å². The SMILES string of the molecule is NC(=O)C1=C(O)[C@@]2(O)C(=O)C3=C(O)c4c(O)ccc(-c5cn[nH]c5)c4C[C@H]3C[C@H]2CC1=O. The van der Waals surface area contributed by atoms with Gasteiger partial charge in [0.15, 0.2) is 11.4 Å². The summed E-state index contributed by atoms with van der Waals surface area (Å²) in [5.74, 6) is -6.44. The Kier molecular flexibility index (Phi) is 4.09. The van der Waals surface area contributed by atoms with Gasteiger partial charge in [-0.2, -0.15) is 5.10 Å². The minimum Gasteiger partial charge on any atom is -0.508 e. The van der Waals surface area contributed by atoms with Crippen LogP contribution in [0.25, 0.3) is 16.9 Å². The predicted molar refractivity (Wildman–Crippen MR) is 109 cm³/mol. The number of aromatic amines is 1. The molecule has 5 rings (SSSR count). The number of aromatic nitrogens is 2. The summed E-state index contributed by atoms with van der Waals surface area (Å²) in [7, 11) is 0. The Morgan fingerprint density at radius 2 is 1.94 bits per heavy atom. The van der Waals surface area contributed by atoms with Crippen LogP contribution in [-0.4, -0.2) is 53.7 Å². The Morgan fingerprint density at radius 1 is 1.19 bits per heavy atom. The average molecular weight is 437 g/mol. The van der Waals surface area contributed by atoms with Gasteiger partial charge in [0.1, 0.15) is 22.8 Å². The number of carbonyl (C=O) groups is 3. The van der Waals surface area contributed by atoms with E-state index in [1.807, 2.05) is 0 Å². The summed E-state index contributed by atoms with van der Waals surface area (Å²) in [6.45, 7) is 0. The highest BCUT2D eigenvalue weighted by molar-refractivity contribution is 6.22. The Balaban J connectivity index is 1.72. The minimum atomic E-state index is -2.56. The van der Waals surface area contributed by atoms with Gasteiger partial charge in [-0.3, -0.25) is 19.5 Å². The lowest BCUT2D eigenvalue weighted by Crippen LogP contribution is -2.58. The zero-order chi connectivity index (χ0) is 22.9. The van der Waals surface area contributed by atoms with Crippen LogP contribution in [0.5, 0.6) is 5.75 Å². The lowest BCUT2D eigenvalue weighted by atomic mass is 9.59. The molecule has 0 radical (unpaired) electrons. The van der Waals surface area contributed by atoms with Crippen LogP contribution in [0.4, 0.5) is 0 Å². The summed E-state index contributed by atoms with van der Waals surface area (Å²) in [5, 5.41) is 49.9. The largest absolute Gasteiger partial charge is 0.508 e. The molecular formula is C22H19N3O7. The molecule has 1 heterocycles. The van der Waals surface area contributed by atoms with Crippen molar-refractivity contribution in [3.8, 4) is 16.9 Å². The van der Waals surface area contributed by atoms with Gasteiger partial charge < -0.3 is 26.2 Å². The summed E-state index contributed by atoms with van der Waals surface area (Å²) in [6, 6.07) is 3.06. The number of H-pyrrole nitrogens is 1. The number of nitrogens with two attached hydrogens (primary N) is 1. The molecule has 0 aliphatic heterocycles. The van der Waals surface area contributed by atoms with Gasteiger partial charge in [-0.25, -0.2) is 0 Å². The highest BCUT2D eigenvalue weighted by atomic mass is 16.3. The Bertz CT molecular complexity index is 1270. The van der Waals surface area contributed by atoms with Crippen LogP contribution in [-0.2, 0) is 20.8 Å². The van der Waals surface area contributed by atoms with E-state index >= 15 is 0 Å². The molecule has 7 N–H and O–H groups in total. The summed E-state index contributed by atoms with van der Waals surface area (Å²) < 4.78 is 0. The van der Waals surface area contributed by atoms with Crippen molar-refractivity contribution in [1.82, 2.24) is 10.2 Å².